The number of ether oxygens (including phenoxy) is 1. The highest BCUT2D eigenvalue weighted by Gasteiger charge is 1.99. The number of nitrogens with zero attached hydrogens (tertiary/aromatic N) is 1. The molecule has 0 aromatic rings. The second kappa shape index (κ2) is 7.40. The van der Waals surface area contributed by atoms with E-state index in [4.69, 9.17) is 10.00 Å². The molecule has 1 atom stereocenters. The fraction of sp³-hybridized carbons (Fsp3) is 0.889. The van der Waals surface area contributed by atoms with Gasteiger partial charge in [0, 0.05) is 0 Å². The van der Waals surface area contributed by atoms with E-state index in [2.05, 4.69) is 6.92 Å². The van der Waals surface area contributed by atoms with Crippen LogP contribution in [0.15, 0.2) is 0 Å². The zero-order chi connectivity index (χ0) is 8.53. The van der Waals surface area contributed by atoms with Gasteiger partial charge in [0.1, 0.15) is 6.10 Å². The van der Waals surface area contributed by atoms with Crippen LogP contribution in [0.2, 0.25) is 0 Å². The summed E-state index contributed by atoms with van der Waals surface area (Å²) in [4.78, 5) is 0. The molecule has 64 valence electrons. The van der Waals surface area contributed by atoms with Crippen molar-refractivity contribution in [1.29, 1.82) is 5.26 Å². The molecule has 0 aliphatic rings. The fourth-order valence-corrected chi connectivity index (χ4v) is 1.01. The molecule has 0 spiro atoms. The molecule has 2 heteroatoms. The maximum absolute atomic E-state index is 8.17. The van der Waals surface area contributed by atoms with Crippen molar-refractivity contribution in [2.45, 2.75) is 52.1 Å². The van der Waals surface area contributed by atoms with Gasteiger partial charge in [-0.15, -0.1) is 0 Å². The highest BCUT2D eigenvalue weighted by atomic mass is 16.5. The summed E-state index contributed by atoms with van der Waals surface area (Å²) in [5, 5.41) is 8.17. The van der Waals surface area contributed by atoms with Gasteiger partial charge in [-0.25, -0.2) is 0 Å². The van der Waals surface area contributed by atoms with Gasteiger partial charge in [0.25, 0.3) is 6.26 Å². The average molecular weight is 155 g/mol. The Balaban J connectivity index is 3.05. The van der Waals surface area contributed by atoms with Crippen LogP contribution >= 0.6 is 0 Å². The molecule has 0 fully saturated rings. The Morgan fingerprint density at radius 1 is 1.36 bits per heavy atom. The van der Waals surface area contributed by atoms with E-state index in [-0.39, 0.29) is 6.10 Å². The Kier molecular flexibility index (Phi) is 6.92. The van der Waals surface area contributed by atoms with Gasteiger partial charge in [-0.2, -0.15) is 5.26 Å². The maximum atomic E-state index is 8.17. The molecule has 0 saturated heterocycles. The van der Waals surface area contributed by atoms with E-state index in [1.807, 2.05) is 6.92 Å². The number of rotatable bonds is 6. The van der Waals surface area contributed by atoms with Crippen LogP contribution < -0.4 is 0 Å². The highest BCUT2D eigenvalue weighted by molar-refractivity contribution is 4.57. The first kappa shape index (κ1) is 10.3. The lowest BCUT2D eigenvalue weighted by Gasteiger charge is -2.06. The molecule has 0 aromatic heterocycles. The summed E-state index contributed by atoms with van der Waals surface area (Å²) in [6, 6.07) is 0. The molecule has 0 heterocycles. The van der Waals surface area contributed by atoms with Gasteiger partial charge in [-0.05, 0) is 19.8 Å². The average Bonchev–Trinajstić information content (AvgIpc) is 1.99. The van der Waals surface area contributed by atoms with E-state index in [0.29, 0.717) is 0 Å². The standard InChI is InChI=1S/C9H17NO/c1-3-4-5-6-7-9(2)11-8-10/h9H,3-7H2,1-2H3. The van der Waals surface area contributed by atoms with Gasteiger partial charge in [0.2, 0.25) is 0 Å². The molecule has 0 radical (unpaired) electrons. The maximum Gasteiger partial charge on any atom is 0.286 e. The van der Waals surface area contributed by atoms with E-state index in [1.165, 1.54) is 25.7 Å². The Hall–Kier alpha value is -0.710. The molecule has 11 heavy (non-hydrogen) atoms. The molecule has 0 aromatic carbocycles. The second-order valence-corrected chi connectivity index (χ2v) is 2.87. The van der Waals surface area contributed by atoms with Crippen LogP contribution in [0.1, 0.15) is 46.0 Å². The molecular weight excluding hydrogens is 138 g/mol. The highest BCUT2D eigenvalue weighted by Crippen LogP contribution is 2.06. The van der Waals surface area contributed by atoms with Gasteiger partial charge in [0.05, 0.1) is 0 Å². The minimum Gasteiger partial charge on any atom is -0.424 e. The van der Waals surface area contributed by atoms with E-state index < -0.39 is 0 Å². The molecule has 1 unspecified atom stereocenters. The van der Waals surface area contributed by atoms with Gasteiger partial charge in [-0.3, -0.25) is 0 Å². The minimum absolute atomic E-state index is 0.108. The lowest BCUT2D eigenvalue weighted by Crippen LogP contribution is -2.03. The summed E-state index contributed by atoms with van der Waals surface area (Å²) in [5.41, 5.74) is 0. The normalized spacial score (nSPS) is 12.1. The Morgan fingerprint density at radius 3 is 2.64 bits per heavy atom. The Morgan fingerprint density at radius 2 is 2.09 bits per heavy atom. The SMILES string of the molecule is CCCCCCC(C)OC#N. The third-order valence-corrected chi connectivity index (χ3v) is 1.72. The molecule has 0 rings (SSSR count). The predicted octanol–water partition coefficient (Wildman–Crippen LogP) is 2.84. The van der Waals surface area contributed by atoms with Crippen molar-refractivity contribution in [2.75, 3.05) is 0 Å². The molecular formula is C9H17NO. The predicted molar refractivity (Wildman–Crippen MR) is 44.9 cm³/mol. The molecule has 0 N–H and O–H groups in total. The molecule has 0 bridgehead atoms. The van der Waals surface area contributed by atoms with E-state index in [0.717, 1.165) is 6.42 Å². The smallest absolute Gasteiger partial charge is 0.286 e. The van der Waals surface area contributed by atoms with Crippen molar-refractivity contribution in [1.82, 2.24) is 0 Å². The molecule has 0 aliphatic heterocycles. The summed E-state index contributed by atoms with van der Waals surface area (Å²) < 4.78 is 4.73. The monoisotopic (exact) mass is 155 g/mol. The van der Waals surface area contributed by atoms with Crippen LogP contribution in [-0.2, 0) is 4.74 Å². The van der Waals surface area contributed by atoms with E-state index in [9.17, 15) is 0 Å². The summed E-state index contributed by atoms with van der Waals surface area (Å²) in [7, 11) is 0. The van der Waals surface area contributed by atoms with Gasteiger partial charge in [-0.1, -0.05) is 26.2 Å². The molecule has 0 amide bonds. The van der Waals surface area contributed by atoms with Crippen LogP contribution in [0.4, 0.5) is 0 Å². The topological polar surface area (TPSA) is 33.0 Å². The number of hydrogen-bond donors (Lipinski definition) is 0. The van der Waals surface area contributed by atoms with Crippen molar-refractivity contribution in [3.8, 4) is 6.26 Å². The largest absolute Gasteiger partial charge is 0.424 e. The quantitative estimate of drug-likeness (QED) is 0.436. The summed E-state index contributed by atoms with van der Waals surface area (Å²) in [5.74, 6) is 0. The minimum atomic E-state index is 0.108. The zero-order valence-electron chi connectivity index (χ0n) is 7.47. The summed E-state index contributed by atoms with van der Waals surface area (Å²) in [6.45, 7) is 4.13. The summed E-state index contributed by atoms with van der Waals surface area (Å²) in [6.07, 6.45) is 7.81. The van der Waals surface area contributed by atoms with Crippen LogP contribution in [0, 0.1) is 11.5 Å². The number of hydrogen-bond acceptors (Lipinski definition) is 2. The zero-order valence-corrected chi connectivity index (χ0v) is 7.47. The third-order valence-electron chi connectivity index (χ3n) is 1.72. The molecule has 0 aliphatic carbocycles. The van der Waals surface area contributed by atoms with Crippen LogP contribution in [-0.4, -0.2) is 6.10 Å². The third kappa shape index (κ3) is 7.18. The van der Waals surface area contributed by atoms with Gasteiger partial charge >= 0.3 is 0 Å². The fourth-order valence-electron chi connectivity index (χ4n) is 1.01. The number of unbranched alkanes of at least 4 members (excludes halogenated alkanes) is 3. The van der Waals surface area contributed by atoms with Gasteiger partial charge in [0.15, 0.2) is 0 Å². The van der Waals surface area contributed by atoms with Gasteiger partial charge < -0.3 is 4.74 Å². The molecule has 2 nitrogen and oxygen atoms in total. The van der Waals surface area contributed by atoms with E-state index in [1.54, 1.807) is 6.26 Å². The molecule has 0 saturated carbocycles. The van der Waals surface area contributed by atoms with Crippen LogP contribution in [0.3, 0.4) is 0 Å². The first-order valence-corrected chi connectivity index (χ1v) is 4.36. The summed E-state index contributed by atoms with van der Waals surface area (Å²) >= 11 is 0. The lowest BCUT2D eigenvalue weighted by molar-refractivity contribution is 0.166. The van der Waals surface area contributed by atoms with Crippen molar-refractivity contribution >= 4 is 0 Å². The Labute approximate surface area is 69.2 Å². The second-order valence-electron chi connectivity index (χ2n) is 2.87. The van der Waals surface area contributed by atoms with E-state index >= 15 is 0 Å². The van der Waals surface area contributed by atoms with Crippen molar-refractivity contribution in [3.63, 3.8) is 0 Å². The number of nitriles is 1. The van der Waals surface area contributed by atoms with Crippen LogP contribution in [0.5, 0.6) is 0 Å². The first-order chi connectivity index (χ1) is 5.31. The lowest BCUT2D eigenvalue weighted by atomic mass is 10.1. The van der Waals surface area contributed by atoms with Crippen molar-refractivity contribution in [2.24, 2.45) is 0 Å². The Bertz CT molecular complexity index is 117. The first-order valence-electron chi connectivity index (χ1n) is 4.36. The van der Waals surface area contributed by atoms with Crippen LogP contribution in [0.25, 0.3) is 0 Å². The van der Waals surface area contributed by atoms with Crippen molar-refractivity contribution in [3.05, 3.63) is 0 Å². The van der Waals surface area contributed by atoms with Crippen molar-refractivity contribution < 1.29 is 4.74 Å².